The van der Waals surface area contributed by atoms with Gasteiger partial charge in [0.05, 0.1) is 13.7 Å². The van der Waals surface area contributed by atoms with E-state index in [0.717, 1.165) is 27.7 Å². The summed E-state index contributed by atoms with van der Waals surface area (Å²) in [5.41, 5.74) is 6.93. The van der Waals surface area contributed by atoms with Gasteiger partial charge in [-0.3, -0.25) is 4.79 Å². The van der Waals surface area contributed by atoms with Crippen LogP contribution in [0.4, 0.5) is 0 Å². The highest BCUT2D eigenvalue weighted by Crippen LogP contribution is 2.28. The lowest BCUT2D eigenvalue weighted by Crippen LogP contribution is -2.09. The largest absolute Gasteiger partial charge is 0.497 e. The molecule has 2 aromatic rings. The zero-order valence-electron chi connectivity index (χ0n) is 11.6. The minimum Gasteiger partial charge on any atom is -0.497 e. The Labute approximate surface area is 117 Å². The number of hydrogen-bond acceptors (Lipinski definition) is 3. The van der Waals surface area contributed by atoms with E-state index in [4.69, 9.17) is 15.2 Å². The van der Waals surface area contributed by atoms with E-state index in [-0.39, 0.29) is 0 Å². The molecule has 0 aliphatic heterocycles. The molecule has 0 aromatic heterocycles. The molecule has 2 aromatic carbocycles. The maximum absolute atomic E-state index is 11.2. The number of carbonyl (C=O) groups is 1. The first-order chi connectivity index (χ1) is 9.65. The first-order valence-electron chi connectivity index (χ1n) is 6.22. The Morgan fingerprint density at radius 2 is 2.05 bits per heavy atom. The van der Waals surface area contributed by atoms with Gasteiger partial charge in [-0.05, 0) is 34.0 Å². The molecular weight excluding hydrogens is 254 g/mol. The fraction of sp³-hybridized carbons (Fsp3) is 0.188. The summed E-state index contributed by atoms with van der Waals surface area (Å²) in [4.78, 5) is 11.2. The van der Waals surface area contributed by atoms with E-state index in [1.54, 1.807) is 14.2 Å². The molecule has 20 heavy (non-hydrogen) atoms. The van der Waals surface area contributed by atoms with E-state index in [0.29, 0.717) is 6.61 Å². The van der Waals surface area contributed by atoms with Gasteiger partial charge in [-0.15, -0.1) is 0 Å². The molecule has 2 N–H and O–H groups in total. The standard InChI is InChI=1S/C16H17NO3/c1-19-10-12(8-16(17)18)14-5-3-4-11-6-7-13(20-2)9-15(11)14/h3-9H,10H2,1-2H3,(H2,17,18). The summed E-state index contributed by atoms with van der Waals surface area (Å²) in [5, 5.41) is 2.06. The van der Waals surface area contributed by atoms with Crippen LogP contribution in [-0.2, 0) is 9.53 Å². The van der Waals surface area contributed by atoms with Crippen molar-refractivity contribution in [2.75, 3.05) is 20.8 Å². The van der Waals surface area contributed by atoms with E-state index >= 15 is 0 Å². The van der Waals surface area contributed by atoms with Gasteiger partial charge in [0.2, 0.25) is 5.91 Å². The van der Waals surface area contributed by atoms with Crippen LogP contribution in [0.25, 0.3) is 16.3 Å². The zero-order chi connectivity index (χ0) is 14.5. The van der Waals surface area contributed by atoms with Crippen molar-refractivity contribution >= 4 is 22.3 Å². The van der Waals surface area contributed by atoms with Crippen molar-refractivity contribution in [1.29, 1.82) is 0 Å². The van der Waals surface area contributed by atoms with Gasteiger partial charge in [0, 0.05) is 13.2 Å². The lowest BCUT2D eigenvalue weighted by Gasteiger charge is -2.11. The first kappa shape index (κ1) is 14.1. The van der Waals surface area contributed by atoms with Crippen LogP contribution < -0.4 is 10.5 Å². The predicted octanol–water partition coefficient (Wildman–Crippen LogP) is 2.36. The van der Waals surface area contributed by atoms with Gasteiger partial charge in [0.25, 0.3) is 0 Å². The molecule has 0 aliphatic rings. The van der Waals surface area contributed by atoms with Gasteiger partial charge in [-0.25, -0.2) is 0 Å². The fourth-order valence-corrected chi connectivity index (χ4v) is 2.18. The third-order valence-corrected chi connectivity index (χ3v) is 3.05. The number of amides is 1. The van der Waals surface area contributed by atoms with Crippen molar-refractivity contribution in [2.45, 2.75) is 0 Å². The van der Waals surface area contributed by atoms with Crippen LogP contribution in [0.3, 0.4) is 0 Å². The van der Waals surface area contributed by atoms with Crippen LogP contribution in [0.15, 0.2) is 42.5 Å². The molecule has 0 heterocycles. The third-order valence-electron chi connectivity index (χ3n) is 3.05. The van der Waals surface area contributed by atoms with E-state index in [1.165, 1.54) is 6.08 Å². The summed E-state index contributed by atoms with van der Waals surface area (Å²) in [5.74, 6) is 0.276. The summed E-state index contributed by atoms with van der Waals surface area (Å²) in [7, 11) is 3.21. The average molecular weight is 271 g/mol. The maximum Gasteiger partial charge on any atom is 0.241 e. The highest BCUT2D eigenvalue weighted by Gasteiger charge is 2.08. The van der Waals surface area contributed by atoms with Gasteiger partial charge in [0.15, 0.2) is 0 Å². The Bertz CT molecular complexity index is 662. The lowest BCUT2D eigenvalue weighted by molar-refractivity contribution is -0.113. The molecule has 0 saturated carbocycles. The number of primary amides is 1. The molecule has 2 rings (SSSR count). The molecule has 0 unspecified atom stereocenters. The van der Waals surface area contributed by atoms with Crippen LogP contribution in [0.1, 0.15) is 5.56 Å². The van der Waals surface area contributed by atoms with Gasteiger partial charge in [-0.2, -0.15) is 0 Å². The lowest BCUT2D eigenvalue weighted by atomic mass is 9.98. The Morgan fingerprint density at radius 1 is 1.25 bits per heavy atom. The molecule has 0 bridgehead atoms. The average Bonchev–Trinajstić information content (AvgIpc) is 2.45. The minimum atomic E-state index is -0.489. The second-order valence-electron chi connectivity index (χ2n) is 4.40. The molecule has 4 nitrogen and oxygen atoms in total. The molecule has 0 saturated heterocycles. The molecule has 104 valence electrons. The number of rotatable bonds is 5. The molecule has 0 atom stereocenters. The summed E-state index contributed by atoms with van der Waals surface area (Å²) in [6.07, 6.45) is 1.40. The molecule has 0 spiro atoms. The van der Waals surface area contributed by atoms with E-state index < -0.39 is 5.91 Å². The van der Waals surface area contributed by atoms with Crippen molar-refractivity contribution in [1.82, 2.24) is 0 Å². The number of benzene rings is 2. The van der Waals surface area contributed by atoms with E-state index in [2.05, 4.69) is 0 Å². The second kappa shape index (κ2) is 6.21. The molecule has 4 heteroatoms. The normalized spacial score (nSPS) is 11.6. The van der Waals surface area contributed by atoms with Crippen LogP contribution in [0, 0.1) is 0 Å². The van der Waals surface area contributed by atoms with Crippen LogP contribution in [-0.4, -0.2) is 26.7 Å². The Hall–Kier alpha value is -2.33. The number of carbonyl (C=O) groups excluding carboxylic acids is 1. The van der Waals surface area contributed by atoms with Crippen molar-refractivity contribution in [2.24, 2.45) is 5.73 Å². The number of fused-ring (bicyclic) bond motifs is 1. The number of ether oxygens (including phenoxy) is 2. The minimum absolute atomic E-state index is 0.319. The van der Waals surface area contributed by atoms with E-state index in [9.17, 15) is 4.79 Å². The van der Waals surface area contributed by atoms with Crippen molar-refractivity contribution in [3.05, 3.63) is 48.0 Å². The topological polar surface area (TPSA) is 61.5 Å². The van der Waals surface area contributed by atoms with Crippen molar-refractivity contribution in [3.8, 4) is 5.75 Å². The molecule has 0 aliphatic carbocycles. The summed E-state index contributed by atoms with van der Waals surface area (Å²) >= 11 is 0. The van der Waals surface area contributed by atoms with E-state index in [1.807, 2.05) is 36.4 Å². The predicted molar refractivity (Wildman–Crippen MR) is 79.5 cm³/mol. The van der Waals surface area contributed by atoms with Gasteiger partial charge >= 0.3 is 0 Å². The number of hydrogen-bond donors (Lipinski definition) is 1. The highest BCUT2D eigenvalue weighted by atomic mass is 16.5. The van der Waals surface area contributed by atoms with Gasteiger partial charge in [-0.1, -0.05) is 24.3 Å². The van der Waals surface area contributed by atoms with Gasteiger partial charge < -0.3 is 15.2 Å². The Balaban J connectivity index is 2.64. The second-order valence-corrected chi connectivity index (χ2v) is 4.40. The van der Waals surface area contributed by atoms with Gasteiger partial charge in [0.1, 0.15) is 5.75 Å². The summed E-state index contributed by atoms with van der Waals surface area (Å²) < 4.78 is 10.4. The number of methoxy groups -OCH3 is 2. The fourth-order valence-electron chi connectivity index (χ4n) is 2.18. The van der Waals surface area contributed by atoms with Crippen molar-refractivity contribution < 1.29 is 14.3 Å². The van der Waals surface area contributed by atoms with Crippen LogP contribution in [0.2, 0.25) is 0 Å². The van der Waals surface area contributed by atoms with Crippen molar-refractivity contribution in [3.63, 3.8) is 0 Å². The molecular formula is C16H17NO3. The Kier molecular flexibility index (Phi) is 4.38. The Morgan fingerprint density at radius 3 is 2.70 bits per heavy atom. The molecule has 1 amide bonds. The summed E-state index contributed by atoms with van der Waals surface area (Å²) in [6, 6.07) is 11.7. The zero-order valence-corrected chi connectivity index (χ0v) is 11.6. The molecule has 0 radical (unpaired) electrons. The van der Waals surface area contributed by atoms with Crippen LogP contribution in [0.5, 0.6) is 5.75 Å². The first-order valence-corrected chi connectivity index (χ1v) is 6.22. The molecule has 0 fully saturated rings. The third kappa shape index (κ3) is 2.97. The van der Waals surface area contributed by atoms with Crippen LogP contribution >= 0.6 is 0 Å². The number of nitrogens with two attached hydrogens (primary N) is 1. The SMILES string of the molecule is COCC(=CC(N)=O)c1cccc2ccc(OC)cc12. The summed E-state index contributed by atoms with van der Waals surface area (Å²) in [6.45, 7) is 0.319. The smallest absolute Gasteiger partial charge is 0.241 e. The maximum atomic E-state index is 11.2. The monoisotopic (exact) mass is 271 g/mol. The highest BCUT2D eigenvalue weighted by molar-refractivity contribution is 6.01. The quantitative estimate of drug-likeness (QED) is 0.849.